The second kappa shape index (κ2) is 15.0. The molecule has 0 atom stereocenters. The summed E-state index contributed by atoms with van der Waals surface area (Å²) in [5, 5.41) is 4.70. The first-order chi connectivity index (χ1) is 15.5. The summed E-state index contributed by atoms with van der Waals surface area (Å²) < 4.78 is 12.1. The molecule has 32 heavy (non-hydrogen) atoms. The van der Waals surface area contributed by atoms with Gasteiger partial charge in [0.05, 0.1) is 12.8 Å². The van der Waals surface area contributed by atoms with Crippen LogP contribution in [0.25, 0.3) is 0 Å². The fourth-order valence-corrected chi connectivity index (χ4v) is 3.29. The molecule has 0 aliphatic carbocycles. The molecule has 0 spiro atoms. The van der Waals surface area contributed by atoms with Crippen molar-refractivity contribution in [3.8, 4) is 11.5 Å². The van der Waals surface area contributed by atoms with Crippen molar-refractivity contribution >= 4 is 41.0 Å². The second-order valence-corrected chi connectivity index (χ2v) is 8.56. The van der Waals surface area contributed by atoms with E-state index >= 15 is 0 Å². The summed E-state index contributed by atoms with van der Waals surface area (Å²) in [7, 11) is 0. The first-order valence-electron chi connectivity index (χ1n) is 10.9. The van der Waals surface area contributed by atoms with Gasteiger partial charge >= 0.3 is 0 Å². The van der Waals surface area contributed by atoms with Crippen molar-refractivity contribution in [2.75, 3.05) is 19.8 Å². The van der Waals surface area contributed by atoms with E-state index < -0.39 is 0 Å². The summed E-state index contributed by atoms with van der Waals surface area (Å²) in [6, 6.07) is 11.5. The van der Waals surface area contributed by atoms with E-state index in [9.17, 15) is 0 Å². The summed E-state index contributed by atoms with van der Waals surface area (Å²) in [5.74, 6) is 1.77. The molecule has 2 rings (SSSR count). The first kappa shape index (κ1) is 26.4. The molecule has 0 bridgehead atoms. The van der Waals surface area contributed by atoms with Crippen molar-refractivity contribution in [1.29, 1.82) is 0 Å². The number of halogens is 3. The van der Waals surface area contributed by atoms with Gasteiger partial charge in [0.15, 0.2) is 0 Å². The van der Waals surface area contributed by atoms with Crippen molar-refractivity contribution in [2.45, 2.75) is 46.0 Å². The Bertz CT molecular complexity index is 853. The molecule has 4 nitrogen and oxygen atoms in total. The molecule has 0 heterocycles. The predicted molar refractivity (Wildman–Crippen MR) is 135 cm³/mol. The molecule has 0 saturated heterocycles. The third kappa shape index (κ3) is 9.72. The van der Waals surface area contributed by atoms with Crippen LogP contribution in [0.15, 0.2) is 52.1 Å². The molecule has 0 aromatic heterocycles. The van der Waals surface area contributed by atoms with Crippen LogP contribution in [-0.4, -0.2) is 26.0 Å². The quantitative estimate of drug-likeness (QED) is 0.152. The van der Waals surface area contributed by atoms with Crippen LogP contribution < -0.4 is 9.47 Å². The van der Waals surface area contributed by atoms with Gasteiger partial charge in [-0.25, -0.2) is 0 Å². The van der Waals surface area contributed by atoms with Gasteiger partial charge in [0, 0.05) is 5.02 Å². The lowest BCUT2D eigenvalue weighted by atomic mass is 10.0. The maximum atomic E-state index is 6.15. The number of hydrogen-bond acceptors (Lipinski definition) is 4. The first-order valence-corrected chi connectivity index (χ1v) is 12.0. The van der Waals surface area contributed by atoms with Crippen molar-refractivity contribution in [3.05, 3.63) is 68.7 Å². The molecule has 0 N–H and O–H groups in total. The maximum absolute atomic E-state index is 6.15. The predicted octanol–water partition coefficient (Wildman–Crippen LogP) is 7.76. The van der Waals surface area contributed by atoms with E-state index in [1.165, 1.54) is 0 Å². The molecule has 7 heteroatoms. The standard InChI is InChI=1S/C25H30Cl3NO3/c1-3-20-16-23(30-15-12-24(27)28)17-21(4-2)25(20)31-13-6-5-7-14-32-29-18-19-8-10-22(26)11-9-19/h8-12,16-18H,3-7,13-15H2,1-2H3/b29-18+. The number of unbranched alkanes of at least 4 members (excludes halogenated alkanes) is 2. The summed E-state index contributed by atoms with van der Waals surface area (Å²) in [4.78, 5) is 5.33. The molecule has 0 amide bonds. The smallest absolute Gasteiger partial charge is 0.125 e. The van der Waals surface area contributed by atoms with Gasteiger partial charge in [-0.3, -0.25) is 0 Å². The summed E-state index contributed by atoms with van der Waals surface area (Å²) in [6.07, 6.45) is 7.92. The van der Waals surface area contributed by atoms with Gasteiger partial charge in [-0.15, -0.1) is 0 Å². The van der Waals surface area contributed by atoms with Gasteiger partial charge < -0.3 is 14.3 Å². The van der Waals surface area contributed by atoms with Crippen LogP contribution in [0.3, 0.4) is 0 Å². The average molecular weight is 499 g/mol. The molecule has 0 aliphatic rings. The van der Waals surface area contributed by atoms with E-state index in [0.717, 1.165) is 60.3 Å². The van der Waals surface area contributed by atoms with Gasteiger partial charge in [0.25, 0.3) is 0 Å². The average Bonchev–Trinajstić information content (AvgIpc) is 2.79. The number of oxime groups is 1. The highest BCUT2D eigenvalue weighted by molar-refractivity contribution is 6.55. The van der Waals surface area contributed by atoms with Crippen molar-refractivity contribution in [2.24, 2.45) is 5.16 Å². The Labute approximate surface area is 206 Å². The Morgan fingerprint density at radius 3 is 2.19 bits per heavy atom. The molecule has 174 valence electrons. The van der Waals surface area contributed by atoms with Crippen LogP contribution >= 0.6 is 34.8 Å². The van der Waals surface area contributed by atoms with E-state index in [1.807, 2.05) is 36.4 Å². The second-order valence-electron chi connectivity index (χ2n) is 7.11. The van der Waals surface area contributed by atoms with Crippen LogP contribution in [0.1, 0.15) is 49.8 Å². The van der Waals surface area contributed by atoms with Gasteiger partial charge in [-0.1, -0.05) is 65.9 Å². The minimum Gasteiger partial charge on any atom is -0.493 e. The number of hydrogen-bond donors (Lipinski definition) is 0. The zero-order valence-electron chi connectivity index (χ0n) is 18.6. The molecule has 2 aromatic rings. The molecular weight excluding hydrogens is 469 g/mol. The van der Waals surface area contributed by atoms with E-state index in [-0.39, 0.29) is 4.49 Å². The third-order valence-corrected chi connectivity index (χ3v) is 5.30. The molecule has 0 aliphatic heterocycles. The van der Waals surface area contributed by atoms with Crippen LogP contribution in [0, 0.1) is 0 Å². The summed E-state index contributed by atoms with van der Waals surface area (Å²) in [6.45, 7) is 5.81. The van der Waals surface area contributed by atoms with Crippen LogP contribution in [0.2, 0.25) is 5.02 Å². The molecule has 0 saturated carbocycles. The largest absolute Gasteiger partial charge is 0.493 e. The number of aryl methyl sites for hydroxylation is 2. The molecule has 0 radical (unpaired) electrons. The normalized spacial score (nSPS) is 10.9. The fraction of sp³-hybridized carbons (Fsp3) is 0.400. The van der Waals surface area contributed by atoms with Gasteiger partial charge in [-0.05, 0) is 79.1 Å². The van der Waals surface area contributed by atoms with Crippen LogP contribution in [-0.2, 0) is 17.7 Å². The number of ether oxygens (including phenoxy) is 2. The fourth-order valence-electron chi connectivity index (χ4n) is 3.04. The molecular formula is C25H30Cl3NO3. The zero-order chi connectivity index (χ0) is 23.2. The maximum Gasteiger partial charge on any atom is 0.125 e. The number of nitrogens with zero attached hydrogens (tertiary/aromatic N) is 1. The van der Waals surface area contributed by atoms with Crippen LogP contribution in [0.5, 0.6) is 11.5 Å². The topological polar surface area (TPSA) is 40.0 Å². The zero-order valence-corrected chi connectivity index (χ0v) is 20.8. The lowest BCUT2D eigenvalue weighted by Crippen LogP contribution is -2.05. The SMILES string of the molecule is CCc1cc(OCC=C(Cl)Cl)cc(CC)c1OCCCCCO/N=C/c1ccc(Cl)cc1. The highest BCUT2D eigenvalue weighted by Gasteiger charge is 2.11. The number of rotatable bonds is 14. The highest BCUT2D eigenvalue weighted by Crippen LogP contribution is 2.31. The van der Waals surface area contributed by atoms with Crippen molar-refractivity contribution in [1.82, 2.24) is 0 Å². The summed E-state index contributed by atoms with van der Waals surface area (Å²) >= 11 is 17.1. The Balaban J connectivity index is 1.73. The monoisotopic (exact) mass is 497 g/mol. The van der Waals surface area contributed by atoms with Gasteiger partial charge in [-0.2, -0.15) is 0 Å². The minimum atomic E-state index is 0.204. The summed E-state index contributed by atoms with van der Waals surface area (Å²) in [5.41, 5.74) is 3.23. The van der Waals surface area contributed by atoms with Crippen molar-refractivity contribution < 1.29 is 14.3 Å². The minimum absolute atomic E-state index is 0.204. The van der Waals surface area contributed by atoms with E-state index in [2.05, 4.69) is 19.0 Å². The Morgan fingerprint density at radius 2 is 1.56 bits per heavy atom. The molecule has 2 aromatic carbocycles. The lowest BCUT2D eigenvalue weighted by Gasteiger charge is -2.17. The Morgan fingerprint density at radius 1 is 0.906 bits per heavy atom. The third-order valence-electron chi connectivity index (χ3n) is 4.74. The van der Waals surface area contributed by atoms with E-state index in [0.29, 0.717) is 24.8 Å². The van der Waals surface area contributed by atoms with E-state index in [1.54, 1.807) is 12.3 Å². The Hall–Kier alpha value is -1.88. The molecule has 0 unspecified atom stereocenters. The van der Waals surface area contributed by atoms with Gasteiger partial charge in [0.2, 0.25) is 0 Å². The van der Waals surface area contributed by atoms with Crippen molar-refractivity contribution in [3.63, 3.8) is 0 Å². The lowest BCUT2D eigenvalue weighted by molar-refractivity contribution is 0.140. The van der Waals surface area contributed by atoms with Crippen LogP contribution in [0.4, 0.5) is 0 Å². The highest BCUT2D eigenvalue weighted by atomic mass is 35.5. The Kier molecular flexibility index (Phi) is 12.4. The number of benzene rings is 2. The molecule has 0 fully saturated rings. The van der Waals surface area contributed by atoms with Gasteiger partial charge in [0.1, 0.15) is 29.2 Å². The van der Waals surface area contributed by atoms with E-state index in [4.69, 9.17) is 49.1 Å².